The van der Waals surface area contributed by atoms with Crippen molar-refractivity contribution in [1.29, 1.82) is 0 Å². The van der Waals surface area contributed by atoms with Crippen molar-refractivity contribution in [3.63, 3.8) is 0 Å². The zero-order valence-electron chi connectivity index (χ0n) is 17.4. The number of aliphatic imine (C=N–C) groups is 1. The number of carbonyl (C=O) groups is 1. The summed E-state index contributed by atoms with van der Waals surface area (Å²) in [5.41, 5.74) is 1.21. The van der Waals surface area contributed by atoms with Crippen molar-refractivity contribution >= 4 is 11.9 Å². The van der Waals surface area contributed by atoms with Crippen molar-refractivity contribution in [2.75, 3.05) is 33.8 Å². The van der Waals surface area contributed by atoms with Crippen molar-refractivity contribution in [2.45, 2.75) is 19.3 Å². The number of carbonyl (C=O) groups excluding carboxylic acids is 1. The topological polar surface area (TPSA) is 74.8 Å². The third-order valence-corrected chi connectivity index (χ3v) is 4.58. The van der Waals surface area contributed by atoms with E-state index in [0.29, 0.717) is 36.9 Å². The Kier molecular flexibility index (Phi) is 8.00. The van der Waals surface area contributed by atoms with Gasteiger partial charge < -0.3 is 20.7 Å². The van der Waals surface area contributed by atoms with Crippen LogP contribution in [0.15, 0.2) is 53.5 Å². The molecule has 156 valence electrons. The monoisotopic (exact) mass is 400 g/mol. The number of halogens is 1. The van der Waals surface area contributed by atoms with E-state index in [9.17, 15) is 9.18 Å². The number of benzene rings is 2. The molecule has 0 unspecified atom stereocenters. The fourth-order valence-corrected chi connectivity index (χ4v) is 2.74. The summed E-state index contributed by atoms with van der Waals surface area (Å²) < 4.78 is 18.6. The Bertz CT molecular complexity index is 835. The summed E-state index contributed by atoms with van der Waals surface area (Å²) in [4.78, 5) is 16.3. The van der Waals surface area contributed by atoms with Gasteiger partial charge in [-0.1, -0.05) is 26.0 Å². The molecule has 0 bridgehead atoms. The molecule has 0 atom stereocenters. The maximum atomic E-state index is 13.5. The molecular formula is C22H29FN4O2. The molecule has 0 saturated carbocycles. The summed E-state index contributed by atoms with van der Waals surface area (Å²) in [6, 6.07) is 13.5. The second-order valence-corrected chi connectivity index (χ2v) is 7.23. The van der Waals surface area contributed by atoms with E-state index in [0.717, 1.165) is 5.56 Å². The number of nitrogens with one attached hydrogen (secondary N) is 3. The molecular weight excluding hydrogens is 371 g/mol. The summed E-state index contributed by atoms with van der Waals surface area (Å²) in [6.45, 7) is 5.61. The summed E-state index contributed by atoms with van der Waals surface area (Å²) in [6.07, 6.45) is 0. The van der Waals surface area contributed by atoms with Crippen LogP contribution in [-0.2, 0) is 5.41 Å². The molecule has 6 nitrogen and oxygen atoms in total. The Morgan fingerprint density at radius 1 is 1.07 bits per heavy atom. The quantitative estimate of drug-likeness (QED) is 0.362. The second kappa shape index (κ2) is 10.5. The average molecular weight is 400 g/mol. The van der Waals surface area contributed by atoms with Crippen molar-refractivity contribution in [2.24, 2.45) is 4.99 Å². The van der Waals surface area contributed by atoms with Crippen molar-refractivity contribution in [1.82, 2.24) is 16.0 Å². The minimum atomic E-state index is -0.275. The second-order valence-electron chi connectivity index (χ2n) is 7.23. The first-order valence-electron chi connectivity index (χ1n) is 9.48. The predicted molar refractivity (Wildman–Crippen MR) is 114 cm³/mol. The third-order valence-electron chi connectivity index (χ3n) is 4.58. The molecule has 2 aromatic carbocycles. The number of amides is 1. The van der Waals surface area contributed by atoms with Crippen LogP contribution in [0.25, 0.3) is 0 Å². The standard InChI is InChI=1S/C22H29FN4O2/c1-22(2,17-6-5-7-18(23)14-17)15-27-21(24-3)26-13-12-25-20(28)16-8-10-19(29-4)11-9-16/h5-11,14H,12-13,15H2,1-4H3,(H,25,28)(H2,24,26,27). The molecule has 0 aromatic heterocycles. The molecule has 7 heteroatoms. The van der Waals surface area contributed by atoms with Gasteiger partial charge in [-0.15, -0.1) is 0 Å². The predicted octanol–water partition coefficient (Wildman–Crippen LogP) is 2.71. The molecule has 0 saturated heterocycles. The van der Waals surface area contributed by atoms with Gasteiger partial charge in [-0.25, -0.2) is 4.39 Å². The zero-order chi connectivity index (χ0) is 21.3. The van der Waals surface area contributed by atoms with E-state index >= 15 is 0 Å². The Morgan fingerprint density at radius 2 is 1.76 bits per heavy atom. The maximum Gasteiger partial charge on any atom is 0.251 e. The van der Waals surface area contributed by atoms with Crippen LogP contribution in [0.5, 0.6) is 5.75 Å². The Hall–Kier alpha value is -3.09. The van der Waals surface area contributed by atoms with Crippen molar-refractivity contribution in [3.05, 3.63) is 65.5 Å². The SMILES string of the molecule is CN=C(NCCNC(=O)c1ccc(OC)cc1)NCC(C)(C)c1cccc(F)c1. The normalized spacial score (nSPS) is 11.7. The van der Waals surface area contributed by atoms with Gasteiger partial charge in [0, 0.05) is 37.7 Å². The molecule has 0 radical (unpaired) electrons. The van der Waals surface area contributed by atoms with Crippen LogP contribution in [0.3, 0.4) is 0 Å². The first-order chi connectivity index (χ1) is 13.9. The maximum absolute atomic E-state index is 13.5. The van der Waals surface area contributed by atoms with Crippen LogP contribution in [0.1, 0.15) is 29.8 Å². The molecule has 0 aliphatic rings. The lowest BCUT2D eigenvalue weighted by atomic mass is 9.84. The number of hydrogen-bond donors (Lipinski definition) is 3. The molecule has 3 N–H and O–H groups in total. The van der Waals surface area contributed by atoms with Crippen LogP contribution < -0.4 is 20.7 Å². The molecule has 0 heterocycles. The lowest BCUT2D eigenvalue weighted by molar-refractivity contribution is 0.0954. The number of guanidine groups is 1. The first-order valence-corrected chi connectivity index (χ1v) is 9.48. The largest absolute Gasteiger partial charge is 0.497 e. The molecule has 0 fully saturated rings. The van der Waals surface area contributed by atoms with Crippen LogP contribution in [0, 0.1) is 5.82 Å². The van der Waals surface area contributed by atoms with Crippen LogP contribution >= 0.6 is 0 Å². The van der Waals surface area contributed by atoms with Gasteiger partial charge in [0.25, 0.3) is 5.91 Å². The highest BCUT2D eigenvalue weighted by Gasteiger charge is 2.21. The fourth-order valence-electron chi connectivity index (χ4n) is 2.74. The third kappa shape index (κ3) is 6.78. The summed E-state index contributed by atoms with van der Waals surface area (Å²) in [7, 11) is 3.27. The minimum absolute atomic E-state index is 0.148. The van der Waals surface area contributed by atoms with E-state index in [1.54, 1.807) is 50.6 Å². The molecule has 0 aliphatic heterocycles. The highest BCUT2D eigenvalue weighted by molar-refractivity contribution is 5.94. The van der Waals surface area contributed by atoms with E-state index in [-0.39, 0.29) is 17.1 Å². The molecule has 2 rings (SSSR count). The van der Waals surface area contributed by atoms with E-state index < -0.39 is 0 Å². The van der Waals surface area contributed by atoms with E-state index in [2.05, 4.69) is 20.9 Å². The number of ether oxygens (including phenoxy) is 1. The molecule has 0 aliphatic carbocycles. The van der Waals surface area contributed by atoms with Gasteiger partial charge in [0.2, 0.25) is 0 Å². The Morgan fingerprint density at radius 3 is 2.38 bits per heavy atom. The van der Waals surface area contributed by atoms with Gasteiger partial charge in [-0.2, -0.15) is 0 Å². The van der Waals surface area contributed by atoms with Gasteiger partial charge in [0.15, 0.2) is 5.96 Å². The van der Waals surface area contributed by atoms with Crippen LogP contribution in [-0.4, -0.2) is 45.7 Å². The number of methoxy groups -OCH3 is 1. The van der Waals surface area contributed by atoms with E-state index in [1.165, 1.54) is 6.07 Å². The van der Waals surface area contributed by atoms with Crippen LogP contribution in [0.4, 0.5) is 4.39 Å². The summed E-state index contributed by atoms with van der Waals surface area (Å²) in [5, 5.41) is 9.26. The highest BCUT2D eigenvalue weighted by atomic mass is 19.1. The number of hydrogen-bond acceptors (Lipinski definition) is 3. The first kappa shape index (κ1) is 22.2. The Balaban J connectivity index is 1.76. The lowest BCUT2D eigenvalue weighted by Crippen LogP contribution is -2.45. The van der Waals surface area contributed by atoms with Gasteiger partial charge in [0.05, 0.1) is 7.11 Å². The minimum Gasteiger partial charge on any atom is -0.497 e. The number of nitrogens with zero attached hydrogens (tertiary/aromatic N) is 1. The van der Waals surface area contributed by atoms with Crippen LogP contribution in [0.2, 0.25) is 0 Å². The van der Waals surface area contributed by atoms with Gasteiger partial charge in [-0.3, -0.25) is 9.79 Å². The summed E-state index contributed by atoms with van der Waals surface area (Å²) in [5.74, 6) is 0.933. The van der Waals surface area contributed by atoms with Gasteiger partial charge in [-0.05, 0) is 42.0 Å². The highest BCUT2D eigenvalue weighted by Crippen LogP contribution is 2.22. The van der Waals surface area contributed by atoms with Crippen molar-refractivity contribution < 1.29 is 13.9 Å². The van der Waals surface area contributed by atoms with E-state index in [1.807, 2.05) is 19.9 Å². The zero-order valence-corrected chi connectivity index (χ0v) is 17.4. The molecule has 2 aromatic rings. The van der Waals surface area contributed by atoms with E-state index in [4.69, 9.17) is 4.74 Å². The summed E-state index contributed by atoms with van der Waals surface area (Å²) >= 11 is 0. The average Bonchev–Trinajstić information content (AvgIpc) is 2.73. The molecule has 1 amide bonds. The fraction of sp³-hybridized carbons (Fsp3) is 0.364. The lowest BCUT2D eigenvalue weighted by Gasteiger charge is -2.27. The molecule has 29 heavy (non-hydrogen) atoms. The van der Waals surface area contributed by atoms with Crippen molar-refractivity contribution in [3.8, 4) is 5.75 Å². The van der Waals surface area contributed by atoms with Gasteiger partial charge >= 0.3 is 0 Å². The smallest absolute Gasteiger partial charge is 0.251 e. The Labute approximate surface area is 171 Å². The molecule has 0 spiro atoms. The number of rotatable bonds is 8. The van der Waals surface area contributed by atoms with Gasteiger partial charge in [0.1, 0.15) is 11.6 Å².